The zero-order valence-electron chi connectivity index (χ0n) is 11.0. The lowest BCUT2D eigenvalue weighted by atomic mass is 10.1. The number of nitrogens with zero attached hydrogens (tertiary/aromatic N) is 4. The molecule has 7 nitrogen and oxygen atoms in total. The minimum Gasteiger partial charge on any atom is -0.480 e. The summed E-state index contributed by atoms with van der Waals surface area (Å²) in [6.45, 7) is 2.08. The number of carboxylic acids is 1. The summed E-state index contributed by atoms with van der Waals surface area (Å²) in [4.78, 5) is 25.9. The lowest BCUT2D eigenvalue weighted by molar-refractivity contribution is -0.143. The molecule has 0 aliphatic carbocycles. The number of rotatable bonds is 2. The number of amides is 1. The summed E-state index contributed by atoms with van der Waals surface area (Å²) in [5, 5.41) is 17.4. The van der Waals surface area contributed by atoms with Crippen LogP contribution in [-0.4, -0.2) is 42.7 Å². The largest absolute Gasteiger partial charge is 0.480 e. The second-order valence-electron chi connectivity index (χ2n) is 4.66. The van der Waals surface area contributed by atoms with Crippen molar-refractivity contribution in [3.8, 4) is 0 Å². The number of carbonyl (C=O) groups excluding carboxylic acids is 1. The average molecular weight is 371 g/mol. The van der Waals surface area contributed by atoms with E-state index in [2.05, 4.69) is 26.1 Å². The van der Waals surface area contributed by atoms with Crippen LogP contribution in [0.3, 0.4) is 0 Å². The van der Waals surface area contributed by atoms with E-state index in [9.17, 15) is 14.7 Å². The first-order chi connectivity index (χ1) is 9.97. The van der Waals surface area contributed by atoms with E-state index >= 15 is 0 Å². The molecule has 3 rings (SSSR count). The summed E-state index contributed by atoms with van der Waals surface area (Å²) in [7, 11) is 0. The van der Waals surface area contributed by atoms with Crippen LogP contribution in [0, 0.1) is 6.92 Å². The van der Waals surface area contributed by atoms with E-state index in [1.165, 1.54) is 16.2 Å². The van der Waals surface area contributed by atoms with Crippen molar-refractivity contribution in [1.29, 1.82) is 0 Å². The molecule has 0 spiro atoms. The van der Waals surface area contributed by atoms with Crippen LogP contribution in [-0.2, 0) is 17.9 Å². The molecule has 0 radical (unpaired) electrons. The Balaban J connectivity index is 1.96. The maximum atomic E-state index is 12.5. The predicted molar refractivity (Wildman–Crippen MR) is 78.1 cm³/mol. The van der Waals surface area contributed by atoms with E-state index < -0.39 is 12.0 Å². The Labute approximate surface area is 132 Å². The standard InChI is InChI=1S/C12H11BrN4O3S/c1-6-14-15-10-5-17(7(12(19)20)4-16(6)10)11(18)8-2-3-9(13)21-8/h2-3,7H,4-5H2,1H3,(H,19,20). The molecule has 1 atom stereocenters. The average Bonchev–Trinajstić information content (AvgIpc) is 3.03. The first-order valence-corrected chi connectivity index (χ1v) is 7.76. The number of fused-ring (bicyclic) bond motifs is 1. The highest BCUT2D eigenvalue weighted by Crippen LogP contribution is 2.26. The zero-order valence-corrected chi connectivity index (χ0v) is 13.4. The number of aliphatic carboxylic acids is 1. The lowest BCUT2D eigenvalue weighted by Gasteiger charge is -2.33. The van der Waals surface area contributed by atoms with Gasteiger partial charge < -0.3 is 14.6 Å². The third kappa shape index (κ3) is 2.46. The monoisotopic (exact) mass is 370 g/mol. The number of hydrogen-bond acceptors (Lipinski definition) is 5. The molecule has 2 aromatic rings. The van der Waals surface area contributed by atoms with Crippen molar-refractivity contribution in [3.05, 3.63) is 32.4 Å². The molecule has 0 fully saturated rings. The van der Waals surface area contributed by atoms with Crippen molar-refractivity contribution in [2.75, 3.05) is 0 Å². The summed E-state index contributed by atoms with van der Waals surface area (Å²) in [5.41, 5.74) is 0. The van der Waals surface area contributed by atoms with Crippen LogP contribution >= 0.6 is 27.3 Å². The summed E-state index contributed by atoms with van der Waals surface area (Å²) < 4.78 is 2.57. The predicted octanol–water partition coefficient (Wildman–Crippen LogP) is 1.52. The first-order valence-electron chi connectivity index (χ1n) is 6.15. The van der Waals surface area contributed by atoms with Gasteiger partial charge in [0.2, 0.25) is 0 Å². The minimum atomic E-state index is -1.03. The fourth-order valence-electron chi connectivity index (χ4n) is 2.31. The van der Waals surface area contributed by atoms with Crippen LogP contribution in [0.25, 0.3) is 0 Å². The molecule has 1 amide bonds. The molecule has 0 saturated heterocycles. The number of aromatic nitrogens is 3. The molecular weight excluding hydrogens is 360 g/mol. The molecule has 1 aliphatic heterocycles. The van der Waals surface area contributed by atoms with Gasteiger partial charge in [-0.1, -0.05) is 0 Å². The van der Waals surface area contributed by atoms with Gasteiger partial charge >= 0.3 is 5.97 Å². The minimum absolute atomic E-state index is 0.145. The molecule has 0 bridgehead atoms. The lowest BCUT2D eigenvalue weighted by Crippen LogP contribution is -2.50. The van der Waals surface area contributed by atoms with Gasteiger partial charge in [-0.25, -0.2) is 4.79 Å². The summed E-state index contributed by atoms with van der Waals surface area (Å²) in [6, 6.07) is 2.53. The maximum Gasteiger partial charge on any atom is 0.328 e. The zero-order chi connectivity index (χ0) is 15.1. The Morgan fingerprint density at radius 1 is 1.43 bits per heavy atom. The molecule has 2 aromatic heterocycles. The van der Waals surface area contributed by atoms with Gasteiger partial charge in [0.1, 0.15) is 11.9 Å². The van der Waals surface area contributed by atoms with Crippen molar-refractivity contribution < 1.29 is 14.7 Å². The number of carbonyl (C=O) groups is 2. The molecule has 1 N–H and O–H groups in total. The van der Waals surface area contributed by atoms with E-state index in [0.29, 0.717) is 16.5 Å². The van der Waals surface area contributed by atoms with Gasteiger partial charge in [0.25, 0.3) is 5.91 Å². The Hall–Kier alpha value is -1.74. The quantitative estimate of drug-likeness (QED) is 0.865. The summed E-state index contributed by atoms with van der Waals surface area (Å²) in [5.74, 6) is -0.0705. The third-order valence-corrected chi connectivity index (χ3v) is 5.00. The Bertz CT molecular complexity index is 726. The Kier molecular flexibility index (Phi) is 3.54. The highest BCUT2D eigenvalue weighted by atomic mass is 79.9. The molecular formula is C12H11BrN4O3S. The van der Waals surface area contributed by atoms with Crippen LogP contribution < -0.4 is 0 Å². The van der Waals surface area contributed by atoms with Crippen LogP contribution in [0.5, 0.6) is 0 Å². The number of carboxylic acid groups (broad SMARTS) is 1. The van der Waals surface area contributed by atoms with Crippen LogP contribution in [0.4, 0.5) is 0 Å². The highest BCUT2D eigenvalue weighted by molar-refractivity contribution is 9.11. The first kappa shape index (κ1) is 14.2. The number of thiophene rings is 1. The molecule has 9 heteroatoms. The van der Waals surface area contributed by atoms with E-state index in [4.69, 9.17) is 0 Å². The SMILES string of the molecule is Cc1nnc2n1CC(C(=O)O)N(C(=O)c1ccc(Br)s1)C2. The van der Waals surface area contributed by atoms with Crippen molar-refractivity contribution >= 4 is 39.1 Å². The van der Waals surface area contributed by atoms with E-state index in [0.717, 1.165) is 3.79 Å². The summed E-state index contributed by atoms with van der Waals surface area (Å²) in [6.07, 6.45) is 0. The van der Waals surface area contributed by atoms with Gasteiger partial charge in [0.05, 0.1) is 21.8 Å². The fraction of sp³-hybridized carbons (Fsp3) is 0.333. The summed E-state index contributed by atoms with van der Waals surface area (Å²) >= 11 is 4.58. The molecule has 1 aliphatic rings. The fourth-order valence-corrected chi connectivity index (χ4v) is 3.65. The van der Waals surface area contributed by atoms with Crippen molar-refractivity contribution in [2.45, 2.75) is 26.1 Å². The van der Waals surface area contributed by atoms with E-state index in [-0.39, 0.29) is 19.0 Å². The maximum absolute atomic E-state index is 12.5. The van der Waals surface area contributed by atoms with Crippen LogP contribution in [0.2, 0.25) is 0 Å². The smallest absolute Gasteiger partial charge is 0.328 e. The molecule has 110 valence electrons. The Morgan fingerprint density at radius 2 is 2.19 bits per heavy atom. The van der Waals surface area contributed by atoms with E-state index in [1.54, 1.807) is 23.6 Å². The third-order valence-electron chi connectivity index (χ3n) is 3.39. The van der Waals surface area contributed by atoms with Gasteiger partial charge in [-0.3, -0.25) is 4.79 Å². The van der Waals surface area contributed by atoms with Gasteiger partial charge in [0, 0.05) is 0 Å². The highest BCUT2D eigenvalue weighted by Gasteiger charge is 2.37. The van der Waals surface area contributed by atoms with Gasteiger partial charge in [-0.2, -0.15) is 0 Å². The Morgan fingerprint density at radius 3 is 2.81 bits per heavy atom. The number of halogens is 1. The number of hydrogen-bond donors (Lipinski definition) is 1. The molecule has 21 heavy (non-hydrogen) atoms. The molecule has 0 saturated carbocycles. The normalized spacial score (nSPS) is 17.6. The van der Waals surface area contributed by atoms with Gasteiger partial charge in [-0.15, -0.1) is 21.5 Å². The second kappa shape index (κ2) is 5.23. The van der Waals surface area contributed by atoms with Crippen molar-refractivity contribution in [2.24, 2.45) is 0 Å². The van der Waals surface area contributed by atoms with Gasteiger partial charge in [0.15, 0.2) is 5.82 Å². The molecule has 3 heterocycles. The van der Waals surface area contributed by atoms with Crippen molar-refractivity contribution in [1.82, 2.24) is 19.7 Å². The van der Waals surface area contributed by atoms with Crippen LogP contribution in [0.1, 0.15) is 21.3 Å². The molecule has 1 unspecified atom stereocenters. The van der Waals surface area contributed by atoms with Crippen molar-refractivity contribution in [3.63, 3.8) is 0 Å². The second-order valence-corrected chi connectivity index (χ2v) is 7.13. The molecule has 0 aromatic carbocycles. The topological polar surface area (TPSA) is 88.3 Å². The van der Waals surface area contributed by atoms with Gasteiger partial charge in [-0.05, 0) is 35.0 Å². The number of aryl methyl sites for hydroxylation is 1. The van der Waals surface area contributed by atoms with Crippen LogP contribution in [0.15, 0.2) is 15.9 Å². The van der Waals surface area contributed by atoms with E-state index in [1.807, 2.05) is 0 Å².